The van der Waals surface area contributed by atoms with Crippen LogP contribution in [0.15, 0.2) is 24.3 Å². The van der Waals surface area contributed by atoms with Gasteiger partial charge < -0.3 is 36.6 Å². The minimum absolute atomic E-state index is 0.0914. The standard InChI is InChI=1S/C36H55N7O8/c1-5-25-16-19-42(21-25)36(50)51-22-26-12-14-27(15-13-26)39-32(46)28(10-9-17-38-35(37)49)40-33(47)31(23(2)3)41-29(44)11-7-6-8-18-43-30(45)20-24(4)34(43)48/h12-15,23-25,28,31H,5-11,16-22H2,1-4H3,(H,39,46)(H,40,47)(H,41,44)(H3,37,38,49)/t24?,25-,28-,31-/m0/s1. The highest BCUT2D eigenvalue weighted by molar-refractivity contribution is 6.03. The van der Waals surface area contributed by atoms with E-state index in [1.165, 1.54) is 4.90 Å². The van der Waals surface area contributed by atoms with Crippen molar-refractivity contribution in [2.75, 3.05) is 31.5 Å². The van der Waals surface area contributed by atoms with Crippen LogP contribution in [0.2, 0.25) is 0 Å². The molecule has 51 heavy (non-hydrogen) atoms. The first-order chi connectivity index (χ1) is 24.3. The molecule has 1 aromatic rings. The van der Waals surface area contributed by atoms with Gasteiger partial charge in [-0.15, -0.1) is 0 Å². The van der Waals surface area contributed by atoms with E-state index in [0.29, 0.717) is 56.9 Å². The van der Waals surface area contributed by atoms with Gasteiger partial charge in [-0.3, -0.25) is 28.9 Å². The maximum Gasteiger partial charge on any atom is 0.410 e. The van der Waals surface area contributed by atoms with Crippen molar-refractivity contribution in [1.82, 2.24) is 25.8 Å². The topological polar surface area (TPSA) is 209 Å². The summed E-state index contributed by atoms with van der Waals surface area (Å²) in [6.07, 6.45) is 4.30. The van der Waals surface area contributed by atoms with Crippen molar-refractivity contribution in [3.05, 3.63) is 29.8 Å². The van der Waals surface area contributed by atoms with Gasteiger partial charge in [-0.05, 0) is 61.6 Å². The van der Waals surface area contributed by atoms with Crippen molar-refractivity contribution >= 4 is 47.3 Å². The quantitative estimate of drug-likeness (QED) is 0.106. The summed E-state index contributed by atoms with van der Waals surface area (Å²) in [6, 6.07) is 4.23. The predicted molar refractivity (Wildman–Crippen MR) is 190 cm³/mol. The molecule has 2 fully saturated rings. The molecule has 8 amide bonds. The number of amides is 8. The van der Waals surface area contributed by atoms with Gasteiger partial charge in [0.05, 0.1) is 0 Å². The summed E-state index contributed by atoms with van der Waals surface area (Å²) in [5, 5.41) is 10.8. The highest BCUT2D eigenvalue weighted by Crippen LogP contribution is 2.21. The molecule has 282 valence electrons. The molecule has 0 radical (unpaired) electrons. The van der Waals surface area contributed by atoms with Crippen LogP contribution in [0.4, 0.5) is 15.3 Å². The number of rotatable bonds is 19. The van der Waals surface area contributed by atoms with Gasteiger partial charge in [0, 0.05) is 50.6 Å². The smallest absolute Gasteiger partial charge is 0.410 e. The Morgan fingerprint density at radius 1 is 0.980 bits per heavy atom. The van der Waals surface area contributed by atoms with Crippen LogP contribution in [0.25, 0.3) is 0 Å². The van der Waals surface area contributed by atoms with E-state index in [9.17, 15) is 33.6 Å². The molecule has 2 aliphatic rings. The summed E-state index contributed by atoms with van der Waals surface area (Å²) < 4.78 is 5.47. The number of benzene rings is 1. The molecule has 15 heteroatoms. The highest BCUT2D eigenvalue weighted by atomic mass is 16.6. The molecule has 0 spiro atoms. The molecule has 3 rings (SSSR count). The highest BCUT2D eigenvalue weighted by Gasteiger charge is 2.35. The van der Waals surface area contributed by atoms with Crippen molar-refractivity contribution in [2.45, 2.75) is 104 Å². The number of anilines is 1. The van der Waals surface area contributed by atoms with E-state index in [4.69, 9.17) is 10.5 Å². The van der Waals surface area contributed by atoms with Crippen LogP contribution in [0, 0.1) is 17.8 Å². The largest absolute Gasteiger partial charge is 0.445 e. The number of hydrogen-bond acceptors (Lipinski definition) is 8. The molecule has 0 aliphatic carbocycles. The molecule has 15 nitrogen and oxygen atoms in total. The fourth-order valence-electron chi connectivity index (χ4n) is 6.13. The lowest BCUT2D eigenvalue weighted by Crippen LogP contribution is -2.54. The summed E-state index contributed by atoms with van der Waals surface area (Å²) in [7, 11) is 0. The molecule has 0 saturated carbocycles. The SMILES string of the molecule is CC[C@H]1CCN(C(=O)OCc2ccc(NC(=O)[C@H](CCCNC(N)=O)NC(=O)[C@@H](NC(=O)CCCCCN3C(=O)CC(C)C3=O)C(C)C)cc2)C1. The number of primary amides is 1. The molecule has 0 bridgehead atoms. The maximum absolute atomic E-state index is 13.4. The Bertz CT molecular complexity index is 1390. The van der Waals surface area contributed by atoms with Gasteiger partial charge in [0.25, 0.3) is 0 Å². The van der Waals surface area contributed by atoms with E-state index in [1.54, 1.807) is 49.9 Å². The predicted octanol–water partition coefficient (Wildman–Crippen LogP) is 3.02. The second-order valence-electron chi connectivity index (χ2n) is 13.8. The van der Waals surface area contributed by atoms with E-state index < -0.39 is 29.9 Å². The fourth-order valence-corrected chi connectivity index (χ4v) is 6.13. The van der Waals surface area contributed by atoms with Gasteiger partial charge in [0.15, 0.2) is 0 Å². The first-order valence-electron chi connectivity index (χ1n) is 18.1. The minimum atomic E-state index is -0.989. The number of nitrogens with zero attached hydrogens (tertiary/aromatic N) is 2. The number of nitrogens with two attached hydrogens (primary N) is 1. The zero-order valence-corrected chi connectivity index (χ0v) is 30.3. The average molecular weight is 714 g/mol. The molecule has 2 saturated heterocycles. The zero-order valence-electron chi connectivity index (χ0n) is 30.3. The first kappa shape index (κ1) is 40.7. The van der Waals surface area contributed by atoms with Gasteiger partial charge in [-0.1, -0.05) is 52.7 Å². The Morgan fingerprint density at radius 2 is 1.71 bits per heavy atom. The Morgan fingerprint density at radius 3 is 2.31 bits per heavy atom. The number of urea groups is 1. The van der Waals surface area contributed by atoms with Gasteiger partial charge in [-0.25, -0.2) is 9.59 Å². The second-order valence-corrected chi connectivity index (χ2v) is 13.8. The summed E-state index contributed by atoms with van der Waals surface area (Å²) in [6.45, 7) is 9.43. The summed E-state index contributed by atoms with van der Waals surface area (Å²) in [4.78, 5) is 90.3. The molecule has 1 aromatic carbocycles. The third-order valence-corrected chi connectivity index (χ3v) is 9.33. The molecular formula is C36H55N7O8. The van der Waals surface area contributed by atoms with Gasteiger partial charge in [0.1, 0.15) is 18.7 Å². The third kappa shape index (κ3) is 13.2. The Kier molecular flexibility index (Phi) is 16.2. The number of ether oxygens (including phenoxy) is 1. The van der Waals surface area contributed by atoms with Gasteiger partial charge in [0.2, 0.25) is 29.5 Å². The number of carbonyl (C=O) groups excluding carboxylic acids is 7. The third-order valence-electron chi connectivity index (χ3n) is 9.33. The van der Waals surface area contributed by atoms with Crippen molar-refractivity contribution in [2.24, 2.45) is 23.5 Å². The number of imide groups is 1. The van der Waals surface area contributed by atoms with Crippen LogP contribution < -0.4 is 27.0 Å². The molecule has 2 heterocycles. The van der Waals surface area contributed by atoms with Crippen molar-refractivity contribution < 1.29 is 38.3 Å². The number of likely N-dealkylation sites (tertiary alicyclic amines) is 2. The summed E-state index contributed by atoms with van der Waals surface area (Å²) >= 11 is 0. The van der Waals surface area contributed by atoms with Crippen LogP contribution in [-0.2, 0) is 35.3 Å². The Labute approximate surface area is 300 Å². The lowest BCUT2D eigenvalue weighted by atomic mass is 10.0. The molecule has 2 aliphatic heterocycles. The van der Waals surface area contributed by atoms with E-state index in [1.807, 2.05) is 0 Å². The molecule has 4 atom stereocenters. The van der Waals surface area contributed by atoms with Crippen molar-refractivity contribution in [3.8, 4) is 0 Å². The fraction of sp³-hybridized carbons (Fsp3) is 0.639. The normalized spacial score (nSPS) is 18.4. The summed E-state index contributed by atoms with van der Waals surface area (Å²) in [5.74, 6) is -1.73. The van der Waals surface area contributed by atoms with Crippen molar-refractivity contribution in [3.63, 3.8) is 0 Å². The maximum atomic E-state index is 13.4. The molecule has 0 aromatic heterocycles. The molecule has 6 N–H and O–H groups in total. The van der Waals surface area contributed by atoms with E-state index in [0.717, 1.165) is 18.4 Å². The summed E-state index contributed by atoms with van der Waals surface area (Å²) in [5.41, 5.74) is 6.38. The second kappa shape index (κ2) is 20.2. The number of nitrogens with one attached hydrogen (secondary N) is 4. The van der Waals surface area contributed by atoms with Crippen LogP contribution in [0.3, 0.4) is 0 Å². The first-order valence-corrected chi connectivity index (χ1v) is 18.1. The average Bonchev–Trinajstić information content (AvgIpc) is 3.67. The lowest BCUT2D eigenvalue weighted by Gasteiger charge is -2.25. The number of unbranched alkanes of at least 4 members (excludes halogenated alkanes) is 2. The Hall–Kier alpha value is -4.69. The van der Waals surface area contributed by atoms with Crippen molar-refractivity contribution in [1.29, 1.82) is 0 Å². The number of carbonyl (C=O) groups is 7. The lowest BCUT2D eigenvalue weighted by molar-refractivity contribution is -0.139. The Balaban J connectivity index is 1.51. The minimum Gasteiger partial charge on any atom is -0.445 e. The van der Waals surface area contributed by atoms with E-state index in [2.05, 4.69) is 28.2 Å². The van der Waals surface area contributed by atoms with Crippen LogP contribution in [0.5, 0.6) is 0 Å². The van der Waals surface area contributed by atoms with E-state index >= 15 is 0 Å². The molecular weight excluding hydrogens is 658 g/mol. The van der Waals surface area contributed by atoms with E-state index in [-0.39, 0.29) is 68.1 Å². The van der Waals surface area contributed by atoms with Crippen LogP contribution >= 0.6 is 0 Å². The van der Waals surface area contributed by atoms with Crippen LogP contribution in [0.1, 0.15) is 91.0 Å². The van der Waals surface area contributed by atoms with Gasteiger partial charge in [-0.2, -0.15) is 0 Å². The van der Waals surface area contributed by atoms with Crippen LogP contribution in [-0.4, -0.2) is 89.7 Å². The monoisotopic (exact) mass is 713 g/mol. The van der Waals surface area contributed by atoms with Gasteiger partial charge >= 0.3 is 12.1 Å². The number of hydrogen-bond donors (Lipinski definition) is 5. The molecule has 1 unspecified atom stereocenters. The zero-order chi connectivity index (χ0) is 37.5.